The Balaban J connectivity index is 2.74. The van der Waals surface area contributed by atoms with Crippen molar-refractivity contribution >= 4 is 11.6 Å². The molecule has 1 aromatic rings. The zero-order chi connectivity index (χ0) is 16.7. The van der Waals surface area contributed by atoms with Crippen molar-refractivity contribution in [3.8, 4) is 0 Å². The van der Waals surface area contributed by atoms with Crippen molar-refractivity contribution < 1.29 is 9.59 Å². The Labute approximate surface area is 134 Å². The largest absolute Gasteiger partial charge is 0.305 e. The topological polar surface area (TPSA) is 46.2 Å². The summed E-state index contributed by atoms with van der Waals surface area (Å²) in [6.45, 7) is 9.70. The Morgan fingerprint density at radius 3 is 2.09 bits per heavy atom. The normalized spacial score (nSPS) is 14.1. The van der Waals surface area contributed by atoms with E-state index in [4.69, 9.17) is 0 Å². The lowest BCUT2D eigenvalue weighted by molar-refractivity contribution is -0.130. The van der Waals surface area contributed by atoms with E-state index in [-0.39, 0.29) is 35.5 Å². The van der Waals surface area contributed by atoms with Crippen LogP contribution in [0.3, 0.4) is 0 Å². The molecular weight excluding hydrogens is 274 g/mol. The number of ketones is 2. The molecule has 3 nitrogen and oxygen atoms in total. The van der Waals surface area contributed by atoms with Crippen molar-refractivity contribution in [1.82, 2.24) is 5.32 Å². The van der Waals surface area contributed by atoms with Crippen LogP contribution < -0.4 is 5.32 Å². The van der Waals surface area contributed by atoms with E-state index in [1.807, 2.05) is 65.0 Å². The van der Waals surface area contributed by atoms with Crippen molar-refractivity contribution in [2.75, 3.05) is 0 Å². The fraction of sp³-hybridized carbons (Fsp3) is 0.579. The van der Waals surface area contributed by atoms with Crippen molar-refractivity contribution in [3.05, 3.63) is 35.9 Å². The van der Waals surface area contributed by atoms with Gasteiger partial charge in [0.1, 0.15) is 5.78 Å². The number of carbonyl (C=O) groups is 2. The minimum atomic E-state index is -0.232. The van der Waals surface area contributed by atoms with E-state index >= 15 is 0 Å². The molecule has 0 amide bonds. The number of rotatable bonds is 9. The average Bonchev–Trinajstić information content (AvgIpc) is 2.46. The summed E-state index contributed by atoms with van der Waals surface area (Å²) in [7, 11) is 0. The molecule has 0 heterocycles. The van der Waals surface area contributed by atoms with Gasteiger partial charge in [-0.1, -0.05) is 65.0 Å². The maximum atomic E-state index is 12.6. The quantitative estimate of drug-likeness (QED) is 0.760. The van der Waals surface area contributed by atoms with Gasteiger partial charge in [0, 0.05) is 24.3 Å². The Morgan fingerprint density at radius 1 is 1.00 bits per heavy atom. The minimum Gasteiger partial charge on any atom is -0.305 e. The third-order valence-corrected chi connectivity index (χ3v) is 3.77. The molecule has 0 fully saturated rings. The summed E-state index contributed by atoms with van der Waals surface area (Å²) in [5.41, 5.74) is 1.14. The fourth-order valence-electron chi connectivity index (χ4n) is 2.63. The predicted molar refractivity (Wildman–Crippen MR) is 90.8 cm³/mol. The highest BCUT2D eigenvalue weighted by Crippen LogP contribution is 2.14. The maximum absolute atomic E-state index is 12.6. The van der Waals surface area contributed by atoms with E-state index in [0.717, 1.165) is 5.56 Å². The molecule has 0 radical (unpaired) electrons. The van der Waals surface area contributed by atoms with E-state index in [1.54, 1.807) is 0 Å². The first-order valence-corrected chi connectivity index (χ1v) is 8.17. The second-order valence-corrected chi connectivity index (χ2v) is 6.69. The second kappa shape index (κ2) is 8.84. The molecular formula is C19H29NO2. The first-order valence-electron chi connectivity index (χ1n) is 8.17. The summed E-state index contributed by atoms with van der Waals surface area (Å²) in [6, 6.07) is 10.0. The van der Waals surface area contributed by atoms with Crippen LogP contribution in [-0.4, -0.2) is 23.7 Å². The molecule has 0 spiro atoms. The highest BCUT2D eigenvalue weighted by Gasteiger charge is 2.25. The lowest BCUT2D eigenvalue weighted by atomic mass is 9.89. The van der Waals surface area contributed by atoms with Crippen molar-refractivity contribution in [2.45, 2.75) is 59.5 Å². The minimum absolute atomic E-state index is 0.0200. The molecule has 1 rings (SSSR count). The lowest BCUT2D eigenvalue weighted by Gasteiger charge is -2.22. The van der Waals surface area contributed by atoms with E-state index in [2.05, 4.69) is 5.32 Å². The molecule has 22 heavy (non-hydrogen) atoms. The van der Waals surface area contributed by atoms with Gasteiger partial charge in [0.2, 0.25) is 0 Å². The predicted octanol–water partition coefficient (Wildman–Crippen LogP) is 3.42. The average molecular weight is 303 g/mol. The Bertz CT molecular complexity index is 479. The smallest absolute Gasteiger partial charge is 0.150 e. The summed E-state index contributed by atoms with van der Waals surface area (Å²) in [5, 5.41) is 3.34. The van der Waals surface area contributed by atoms with Crippen LogP contribution in [-0.2, 0) is 16.0 Å². The molecule has 0 unspecified atom stereocenters. The van der Waals surface area contributed by atoms with Gasteiger partial charge in [-0.3, -0.25) is 9.59 Å². The van der Waals surface area contributed by atoms with Gasteiger partial charge in [-0.05, 0) is 12.0 Å². The number of nitrogens with one attached hydrogen (secondary N) is 1. The maximum Gasteiger partial charge on any atom is 0.150 e. The molecule has 0 saturated heterocycles. The molecule has 0 aromatic heterocycles. The zero-order valence-electron chi connectivity index (χ0n) is 14.4. The molecule has 3 heteroatoms. The number of hydrogen-bond donors (Lipinski definition) is 1. The van der Waals surface area contributed by atoms with Gasteiger partial charge < -0.3 is 5.32 Å². The van der Waals surface area contributed by atoms with Crippen LogP contribution in [0.15, 0.2) is 30.3 Å². The van der Waals surface area contributed by atoms with Crippen LogP contribution >= 0.6 is 0 Å². The SMILES string of the molecule is CC(C)N[C@H](Cc1ccccc1)C(=O)C[C@H](C)C(=O)C(C)C. The van der Waals surface area contributed by atoms with Gasteiger partial charge in [-0.15, -0.1) is 0 Å². The van der Waals surface area contributed by atoms with Gasteiger partial charge in [0.15, 0.2) is 5.78 Å². The number of carbonyl (C=O) groups excluding carboxylic acids is 2. The Morgan fingerprint density at radius 2 is 1.59 bits per heavy atom. The van der Waals surface area contributed by atoms with Crippen LogP contribution in [0, 0.1) is 11.8 Å². The number of hydrogen-bond acceptors (Lipinski definition) is 3. The first-order chi connectivity index (χ1) is 10.3. The molecule has 2 atom stereocenters. The monoisotopic (exact) mass is 303 g/mol. The third kappa shape index (κ3) is 6.10. The van der Waals surface area contributed by atoms with Crippen molar-refractivity contribution in [3.63, 3.8) is 0 Å². The Kier molecular flexibility index (Phi) is 7.46. The van der Waals surface area contributed by atoms with E-state index < -0.39 is 0 Å². The summed E-state index contributed by atoms with van der Waals surface area (Å²) >= 11 is 0. The standard InChI is InChI=1S/C19H29NO2/c1-13(2)19(22)15(5)11-18(21)17(20-14(3)4)12-16-9-7-6-8-10-16/h6-10,13-15,17,20H,11-12H2,1-5H3/t15-,17+/m0/s1. The second-order valence-electron chi connectivity index (χ2n) is 6.69. The third-order valence-electron chi connectivity index (χ3n) is 3.77. The Hall–Kier alpha value is -1.48. The molecule has 0 aliphatic heterocycles. The highest BCUT2D eigenvalue weighted by molar-refractivity contribution is 5.91. The van der Waals surface area contributed by atoms with Crippen LogP contribution in [0.2, 0.25) is 0 Å². The highest BCUT2D eigenvalue weighted by atomic mass is 16.1. The molecule has 1 N–H and O–H groups in total. The summed E-state index contributed by atoms with van der Waals surface area (Å²) < 4.78 is 0. The van der Waals surface area contributed by atoms with Gasteiger partial charge in [0.05, 0.1) is 6.04 Å². The number of benzene rings is 1. The van der Waals surface area contributed by atoms with E-state index in [0.29, 0.717) is 12.8 Å². The van der Waals surface area contributed by atoms with E-state index in [1.165, 1.54) is 0 Å². The van der Waals surface area contributed by atoms with Gasteiger partial charge >= 0.3 is 0 Å². The van der Waals surface area contributed by atoms with Crippen LogP contribution in [0.1, 0.15) is 46.6 Å². The van der Waals surface area contributed by atoms with Crippen LogP contribution in [0.25, 0.3) is 0 Å². The van der Waals surface area contributed by atoms with Crippen LogP contribution in [0.4, 0.5) is 0 Å². The van der Waals surface area contributed by atoms with Crippen molar-refractivity contribution in [2.24, 2.45) is 11.8 Å². The first kappa shape index (κ1) is 18.6. The molecule has 0 aliphatic rings. The molecule has 0 aliphatic carbocycles. The molecule has 0 saturated carbocycles. The number of Topliss-reactive ketones (excluding diaryl/α,β-unsaturated/α-hetero) is 2. The van der Waals surface area contributed by atoms with E-state index in [9.17, 15) is 9.59 Å². The van der Waals surface area contributed by atoms with Crippen LogP contribution in [0.5, 0.6) is 0 Å². The van der Waals surface area contributed by atoms with Gasteiger partial charge in [-0.2, -0.15) is 0 Å². The van der Waals surface area contributed by atoms with Crippen molar-refractivity contribution in [1.29, 1.82) is 0 Å². The fourth-order valence-corrected chi connectivity index (χ4v) is 2.63. The van der Waals surface area contributed by atoms with Gasteiger partial charge in [0.25, 0.3) is 0 Å². The zero-order valence-corrected chi connectivity index (χ0v) is 14.4. The summed E-state index contributed by atoms with van der Waals surface area (Å²) in [4.78, 5) is 24.6. The summed E-state index contributed by atoms with van der Waals surface area (Å²) in [6.07, 6.45) is 0.981. The summed E-state index contributed by atoms with van der Waals surface area (Å²) in [5.74, 6) is 0.0589. The molecule has 122 valence electrons. The van der Waals surface area contributed by atoms with Gasteiger partial charge in [-0.25, -0.2) is 0 Å². The molecule has 0 bridgehead atoms. The lowest BCUT2D eigenvalue weighted by Crippen LogP contribution is -2.43. The molecule has 1 aromatic carbocycles.